The molecule has 3 aromatic rings. The summed E-state index contributed by atoms with van der Waals surface area (Å²) >= 11 is 0. The Labute approximate surface area is 147 Å². The summed E-state index contributed by atoms with van der Waals surface area (Å²) in [5.74, 6) is 1.39. The predicted octanol–water partition coefficient (Wildman–Crippen LogP) is 4.72. The van der Waals surface area contributed by atoms with Crippen LogP contribution in [0.1, 0.15) is 11.1 Å². The molecule has 0 heterocycles. The summed E-state index contributed by atoms with van der Waals surface area (Å²) in [6.07, 6.45) is 1.75. The SMILES string of the molecule is COc1cc(/C=N/Nc2ccccc2)ccc1OCc1ccccc1. The van der Waals surface area contributed by atoms with E-state index >= 15 is 0 Å². The summed E-state index contributed by atoms with van der Waals surface area (Å²) in [5, 5.41) is 4.24. The molecule has 0 aromatic heterocycles. The zero-order valence-corrected chi connectivity index (χ0v) is 14.1. The predicted molar refractivity (Wildman–Crippen MR) is 101 cm³/mol. The number of nitrogens with zero attached hydrogens (tertiary/aromatic N) is 1. The van der Waals surface area contributed by atoms with Crippen LogP contribution in [0.4, 0.5) is 5.69 Å². The Morgan fingerprint density at radius 3 is 2.32 bits per heavy atom. The van der Waals surface area contributed by atoms with Crippen LogP contribution in [-0.2, 0) is 6.61 Å². The molecule has 3 rings (SSSR count). The third-order valence-corrected chi connectivity index (χ3v) is 3.61. The van der Waals surface area contributed by atoms with Crippen molar-refractivity contribution in [3.63, 3.8) is 0 Å². The largest absolute Gasteiger partial charge is 0.493 e. The Hall–Kier alpha value is -3.27. The van der Waals surface area contributed by atoms with Crippen LogP contribution < -0.4 is 14.9 Å². The number of anilines is 1. The Balaban J connectivity index is 1.64. The van der Waals surface area contributed by atoms with E-state index in [4.69, 9.17) is 9.47 Å². The molecular weight excluding hydrogens is 312 g/mol. The number of hydrogen-bond acceptors (Lipinski definition) is 4. The van der Waals surface area contributed by atoms with Gasteiger partial charge in [-0.2, -0.15) is 5.10 Å². The van der Waals surface area contributed by atoms with Crippen molar-refractivity contribution in [3.05, 3.63) is 90.0 Å². The van der Waals surface area contributed by atoms with E-state index in [1.807, 2.05) is 78.9 Å². The first-order chi connectivity index (χ1) is 12.3. The minimum Gasteiger partial charge on any atom is -0.493 e. The number of rotatable bonds is 7. The first kappa shape index (κ1) is 16.6. The van der Waals surface area contributed by atoms with Gasteiger partial charge >= 0.3 is 0 Å². The molecule has 0 aliphatic carbocycles. The maximum atomic E-state index is 5.86. The van der Waals surface area contributed by atoms with Crippen molar-refractivity contribution in [2.45, 2.75) is 6.61 Å². The summed E-state index contributed by atoms with van der Waals surface area (Å²) in [6, 6.07) is 25.6. The molecule has 0 unspecified atom stereocenters. The number of para-hydroxylation sites is 1. The molecule has 126 valence electrons. The molecule has 4 nitrogen and oxygen atoms in total. The smallest absolute Gasteiger partial charge is 0.161 e. The molecule has 0 aliphatic rings. The van der Waals surface area contributed by atoms with Gasteiger partial charge in [-0.3, -0.25) is 5.43 Å². The number of hydrazone groups is 1. The van der Waals surface area contributed by atoms with Crippen LogP contribution in [0, 0.1) is 0 Å². The fourth-order valence-corrected chi connectivity index (χ4v) is 2.31. The minimum absolute atomic E-state index is 0.500. The van der Waals surface area contributed by atoms with Gasteiger partial charge in [-0.25, -0.2) is 0 Å². The molecule has 0 saturated heterocycles. The number of ether oxygens (including phenoxy) is 2. The van der Waals surface area contributed by atoms with Gasteiger partial charge in [0.05, 0.1) is 19.0 Å². The van der Waals surface area contributed by atoms with Gasteiger partial charge in [0.1, 0.15) is 6.61 Å². The van der Waals surface area contributed by atoms with Crippen LogP contribution in [0.2, 0.25) is 0 Å². The van der Waals surface area contributed by atoms with Gasteiger partial charge in [0, 0.05) is 0 Å². The van der Waals surface area contributed by atoms with Crippen LogP contribution >= 0.6 is 0 Å². The average molecular weight is 332 g/mol. The van der Waals surface area contributed by atoms with Crippen molar-refractivity contribution in [3.8, 4) is 11.5 Å². The van der Waals surface area contributed by atoms with E-state index in [0.717, 1.165) is 16.8 Å². The number of methoxy groups -OCH3 is 1. The Morgan fingerprint density at radius 2 is 1.60 bits per heavy atom. The van der Waals surface area contributed by atoms with Crippen molar-refractivity contribution in [2.24, 2.45) is 5.10 Å². The number of nitrogens with one attached hydrogen (secondary N) is 1. The monoisotopic (exact) mass is 332 g/mol. The minimum atomic E-state index is 0.500. The molecule has 0 saturated carbocycles. The van der Waals surface area contributed by atoms with Gasteiger partial charge in [0.15, 0.2) is 11.5 Å². The van der Waals surface area contributed by atoms with Gasteiger partial charge in [0.25, 0.3) is 0 Å². The third kappa shape index (κ3) is 4.85. The summed E-state index contributed by atoms with van der Waals surface area (Å²) in [7, 11) is 1.63. The zero-order chi connectivity index (χ0) is 17.3. The quantitative estimate of drug-likeness (QED) is 0.503. The molecule has 3 aromatic carbocycles. The normalized spacial score (nSPS) is 10.6. The lowest BCUT2D eigenvalue weighted by atomic mass is 10.2. The van der Waals surface area contributed by atoms with Crippen molar-refractivity contribution in [1.82, 2.24) is 0 Å². The lowest BCUT2D eigenvalue weighted by Gasteiger charge is -2.11. The van der Waals surface area contributed by atoms with E-state index in [0.29, 0.717) is 18.1 Å². The molecular formula is C21H20N2O2. The molecule has 0 amide bonds. The summed E-state index contributed by atoms with van der Waals surface area (Å²) in [6.45, 7) is 0.500. The maximum absolute atomic E-state index is 5.86. The van der Waals surface area contributed by atoms with E-state index in [9.17, 15) is 0 Å². The first-order valence-corrected chi connectivity index (χ1v) is 8.04. The van der Waals surface area contributed by atoms with Crippen molar-refractivity contribution < 1.29 is 9.47 Å². The Morgan fingerprint density at radius 1 is 0.880 bits per heavy atom. The van der Waals surface area contributed by atoms with E-state index < -0.39 is 0 Å². The second-order valence-electron chi connectivity index (χ2n) is 5.42. The Kier molecular flexibility index (Phi) is 5.67. The topological polar surface area (TPSA) is 42.8 Å². The second kappa shape index (κ2) is 8.55. The first-order valence-electron chi connectivity index (χ1n) is 8.04. The maximum Gasteiger partial charge on any atom is 0.161 e. The number of benzene rings is 3. The summed E-state index contributed by atoms with van der Waals surface area (Å²) < 4.78 is 11.3. The fourth-order valence-electron chi connectivity index (χ4n) is 2.31. The third-order valence-electron chi connectivity index (χ3n) is 3.61. The Bertz CT molecular complexity index is 818. The van der Waals surface area contributed by atoms with Gasteiger partial charge in [0.2, 0.25) is 0 Å². The van der Waals surface area contributed by atoms with Crippen LogP contribution in [-0.4, -0.2) is 13.3 Å². The number of hydrogen-bond donors (Lipinski definition) is 1. The van der Waals surface area contributed by atoms with Crippen molar-refractivity contribution in [2.75, 3.05) is 12.5 Å². The average Bonchev–Trinajstić information content (AvgIpc) is 2.68. The summed E-state index contributed by atoms with van der Waals surface area (Å²) in [5.41, 5.74) is 5.96. The van der Waals surface area contributed by atoms with E-state index in [1.54, 1.807) is 13.3 Å². The highest BCUT2D eigenvalue weighted by Gasteiger charge is 2.05. The molecule has 0 fully saturated rings. The fraction of sp³-hybridized carbons (Fsp3) is 0.0952. The van der Waals surface area contributed by atoms with Crippen molar-refractivity contribution >= 4 is 11.9 Å². The highest BCUT2D eigenvalue weighted by Crippen LogP contribution is 2.28. The van der Waals surface area contributed by atoms with E-state index in [1.165, 1.54) is 0 Å². The second-order valence-corrected chi connectivity index (χ2v) is 5.42. The summed E-state index contributed by atoms with van der Waals surface area (Å²) in [4.78, 5) is 0. The highest BCUT2D eigenvalue weighted by molar-refractivity contribution is 5.81. The van der Waals surface area contributed by atoms with Gasteiger partial charge in [-0.15, -0.1) is 0 Å². The molecule has 4 heteroatoms. The van der Waals surface area contributed by atoms with E-state index in [2.05, 4.69) is 10.5 Å². The lowest BCUT2D eigenvalue weighted by molar-refractivity contribution is 0.284. The molecule has 25 heavy (non-hydrogen) atoms. The van der Waals surface area contributed by atoms with Crippen LogP contribution in [0.3, 0.4) is 0 Å². The van der Waals surface area contributed by atoms with Crippen molar-refractivity contribution in [1.29, 1.82) is 0 Å². The molecule has 0 bridgehead atoms. The van der Waals surface area contributed by atoms with E-state index in [-0.39, 0.29) is 0 Å². The zero-order valence-electron chi connectivity index (χ0n) is 14.1. The standard InChI is InChI=1S/C21H20N2O2/c1-24-21-14-18(15-22-23-19-10-6-3-7-11-19)12-13-20(21)25-16-17-8-4-2-5-9-17/h2-15,23H,16H2,1H3/b22-15+. The molecule has 0 aliphatic heterocycles. The van der Waals surface area contributed by atoms with Gasteiger partial charge in [-0.1, -0.05) is 48.5 Å². The van der Waals surface area contributed by atoms with Crippen LogP contribution in [0.25, 0.3) is 0 Å². The van der Waals surface area contributed by atoms with Gasteiger partial charge < -0.3 is 9.47 Å². The molecule has 0 radical (unpaired) electrons. The van der Waals surface area contributed by atoms with Gasteiger partial charge in [-0.05, 0) is 41.5 Å². The molecule has 0 spiro atoms. The highest BCUT2D eigenvalue weighted by atomic mass is 16.5. The van der Waals surface area contributed by atoms with Crippen LogP contribution in [0.5, 0.6) is 11.5 Å². The molecule has 0 atom stereocenters. The lowest BCUT2D eigenvalue weighted by Crippen LogP contribution is -1.98. The molecule has 1 N–H and O–H groups in total. The van der Waals surface area contributed by atoms with Crippen LogP contribution in [0.15, 0.2) is 84.0 Å².